The minimum Gasteiger partial charge on any atom is -0.495 e. The first-order valence-corrected chi connectivity index (χ1v) is 10.2. The molecule has 0 radical (unpaired) electrons. The van der Waals surface area contributed by atoms with Gasteiger partial charge in [-0.05, 0) is 42.2 Å². The molecule has 30 heavy (non-hydrogen) atoms. The molecular formula is C21H23N5O3S. The van der Waals surface area contributed by atoms with E-state index in [9.17, 15) is 9.59 Å². The average molecular weight is 426 g/mol. The molecule has 0 aliphatic carbocycles. The largest absolute Gasteiger partial charge is 0.495 e. The number of nitrogens with zero attached hydrogens (tertiary/aromatic N) is 2. The number of amidine groups is 1. The number of rotatable bonds is 5. The maximum atomic E-state index is 12.7. The van der Waals surface area contributed by atoms with E-state index < -0.39 is 11.4 Å². The minimum atomic E-state index is -1.42. The van der Waals surface area contributed by atoms with Crippen LogP contribution in [-0.2, 0) is 15.1 Å². The van der Waals surface area contributed by atoms with Gasteiger partial charge < -0.3 is 26.4 Å². The number of nitrogens with two attached hydrogens (primary N) is 2. The fraction of sp³-hybridized carbons (Fsp3) is 0.286. The Morgan fingerprint density at radius 1 is 1.40 bits per heavy atom. The Labute approximate surface area is 177 Å². The normalized spacial score (nSPS) is 21.3. The molecule has 1 saturated heterocycles. The molecule has 5 N–H and O–H groups in total. The van der Waals surface area contributed by atoms with Gasteiger partial charge in [0.2, 0.25) is 5.91 Å². The molecule has 2 amide bonds. The van der Waals surface area contributed by atoms with Gasteiger partial charge in [0, 0.05) is 18.0 Å². The Hall–Kier alpha value is -3.33. The second-order valence-electron chi connectivity index (χ2n) is 7.49. The number of benzene rings is 1. The lowest BCUT2D eigenvalue weighted by molar-refractivity contribution is -0.130. The summed E-state index contributed by atoms with van der Waals surface area (Å²) in [5.41, 5.74) is 11.6. The molecule has 4 rings (SSSR count). The smallest absolute Gasteiger partial charge is 0.255 e. The van der Waals surface area contributed by atoms with E-state index >= 15 is 0 Å². The number of likely N-dealkylation sites (tertiary alicyclic amines) is 1. The molecule has 0 saturated carbocycles. The van der Waals surface area contributed by atoms with Gasteiger partial charge in [0.05, 0.1) is 17.7 Å². The lowest BCUT2D eigenvalue weighted by Gasteiger charge is -2.41. The number of ether oxygens (including phenoxy) is 1. The molecule has 0 spiro atoms. The lowest BCUT2D eigenvalue weighted by Crippen LogP contribution is -2.57. The SMILES string of the molecule is C=CC(=O)N1CC(C2=NC(C(N)=O)(c3cc4cc(C)cc(OC)c4s3)C=C(N)N2)C1. The van der Waals surface area contributed by atoms with Crippen LogP contribution in [0.1, 0.15) is 10.4 Å². The number of thiophene rings is 1. The van der Waals surface area contributed by atoms with Crippen molar-refractivity contribution in [3.05, 3.63) is 53.2 Å². The maximum absolute atomic E-state index is 12.7. The van der Waals surface area contributed by atoms with E-state index in [2.05, 4.69) is 11.9 Å². The van der Waals surface area contributed by atoms with E-state index in [4.69, 9.17) is 21.2 Å². The van der Waals surface area contributed by atoms with Crippen LogP contribution in [0.4, 0.5) is 0 Å². The van der Waals surface area contributed by atoms with Gasteiger partial charge in [-0.15, -0.1) is 11.3 Å². The Bertz CT molecular complexity index is 1130. The van der Waals surface area contributed by atoms with Crippen LogP contribution in [0.5, 0.6) is 5.75 Å². The first-order chi connectivity index (χ1) is 14.3. The number of nitrogens with one attached hydrogen (secondary N) is 1. The van der Waals surface area contributed by atoms with E-state index in [1.165, 1.54) is 17.4 Å². The molecule has 1 fully saturated rings. The van der Waals surface area contributed by atoms with Crippen LogP contribution >= 0.6 is 11.3 Å². The molecule has 1 atom stereocenters. The molecule has 8 nitrogen and oxygen atoms in total. The van der Waals surface area contributed by atoms with Crippen LogP contribution < -0.4 is 21.5 Å². The van der Waals surface area contributed by atoms with Crippen molar-refractivity contribution in [3.8, 4) is 5.75 Å². The third-order valence-electron chi connectivity index (χ3n) is 5.39. The highest BCUT2D eigenvalue weighted by atomic mass is 32.1. The molecule has 0 bridgehead atoms. The van der Waals surface area contributed by atoms with Crippen LogP contribution in [0.2, 0.25) is 0 Å². The molecule has 156 valence electrons. The predicted octanol–water partition coefficient (Wildman–Crippen LogP) is 1.35. The van der Waals surface area contributed by atoms with Gasteiger partial charge in [0.1, 0.15) is 17.4 Å². The number of methoxy groups -OCH3 is 1. The highest BCUT2D eigenvalue weighted by Crippen LogP contribution is 2.42. The molecule has 1 aromatic heterocycles. The summed E-state index contributed by atoms with van der Waals surface area (Å²) in [6.07, 6.45) is 2.83. The van der Waals surface area contributed by atoms with E-state index in [-0.39, 0.29) is 11.8 Å². The summed E-state index contributed by atoms with van der Waals surface area (Å²) in [5, 5.41) is 3.98. The van der Waals surface area contributed by atoms with E-state index in [0.29, 0.717) is 29.6 Å². The molecule has 3 heterocycles. The van der Waals surface area contributed by atoms with Crippen LogP contribution in [0.3, 0.4) is 0 Å². The summed E-state index contributed by atoms with van der Waals surface area (Å²) >= 11 is 1.40. The Balaban J connectivity index is 1.78. The second-order valence-corrected chi connectivity index (χ2v) is 8.55. The number of carbonyl (C=O) groups excluding carboxylic acids is 2. The summed E-state index contributed by atoms with van der Waals surface area (Å²) in [6, 6.07) is 5.88. The average Bonchev–Trinajstić information content (AvgIpc) is 3.09. The first kappa shape index (κ1) is 20.0. The van der Waals surface area contributed by atoms with Crippen molar-refractivity contribution in [2.24, 2.45) is 22.4 Å². The number of hydrogen-bond acceptors (Lipinski definition) is 7. The molecule has 1 aromatic carbocycles. The number of aryl methyl sites for hydroxylation is 1. The monoisotopic (exact) mass is 425 g/mol. The number of aliphatic imine (C=N–C) groups is 1. The van der Waals surface area contributed by atoms with Crippen LogP contribution in [-0.4, -0.2) is 42.7 Å². The van der Waals surface area contributed by atoms with Gasteiger partial charge in [0.25, 0.3) is 5.91 Å². The number of amides is 2. The first-order valence-electron chi connectivity index (χ1n) is 9.42. The van der Waals surface area contributed by atoms with Gasteiger partial charge >= 0.3 is 0 Å². The van der Waals surface area contributed by atoms with Crippen molar-refractivity contribution < 1.29 is 14.3 Å². The zero-order valence-electron chi connectivity index (χ0n) is 16.8. The topological polar surface area (TPSA) is 123 Å². The van der Waals surface area contributed by atoms with Crippen molar-refractivity contribution in [1.29, 1.82) is 0 Å². The molecule has 2 aliphatic heterocycles. The fourth-order valence-corrected chi connectivity index (χ4v) is 5.04. The van der Waals surface area contributed by atoms with Crippen LogP contribution in [0, 0.1) is 12.8 Å². The molecule has 2 aromatic rings. The lowest BCUT2D eigenvalue weighted by atomic mass is 9.91. The molecule has 9 heteroatoms. The Kier molecular flexibility index (Phi) is 4.77. The standard InChI is InChI=1S/C21H23N5O3S/c1-4-17(27)26-9-13(10-26)19-24-16(22)8-21(25-19,20(23)28)15-7-12-5-11(2)6-14(29-3)18(12)30-15/h4-8,13H,1,9-10,22H2,2-3H3,(H2,23,28)(H,24,25). The zero-order valence-corrected chi connectivity index (χ0v) is 17.6. The number of hydrogen-bond donors (Lipinski definition) is 3. The second kappa shape index (κ2) is 7.17. The summed E-state index contributed by atoms with van der Waals surface area (Å²) in [4.78, 5) is 31.5. The minimum absolute atomic E-state index is 0.0639. The van der Waals surface area contributed by atoms with Gasteiger partial charge in [-0.2, -0.15) is 0 Å². The number of fused-ring (bicyclic) bond motifs is 1. The zero-order chi connectivity index (χ0) is 21.6. The Morgan fingerprint density at radius 3 is 2.77 bits per heavy atom. The summed E-state index contributed by atoms with van der Waals surface area (Å²) in [6.45, 7) is 6.43. The van der Waals surface area contributed by atoms with Gasteiger partial charge in [0.15, 0.2) is 5.54 Å². The number of primary amides is 1. The Morgan fingerprint density at radius 2 is 2.13 bits per heavy atom. The van der Waals surface area contributed by atoms with Crippen molar-refractivity contribution in [1.82, 2.24) is 10.2 Å². The fourth-order valence-electron chi connectivity index (χ4n) is 3.79. The van der Waals surface area contributed by atoms with Crippen molar-refractivity contribution >= 4 is 39.1 Å². The highest BCUT2D eigenvalue weighted by molar-refractivity contribution is 7.19. The predicted molar refractivity (Wildman–Crippen MR) is 117 cm³/mol. The van der Waals surface area contributed by atoms with E-state index in [1.807, 2.05) is 25.1 Å². The van der Waals surface area contributed by atoms with Crippen LogP contribution in [0.25, 0.3) is 10.1 Å². The van der Waals surface area contributed by atoms with Gasteiger partial charge in [-0.3, -0.25) is 9.59 Å². The maximum Gasteiger partial charge on any atom is 0.255 e. The van der Waals surface area contributed by atoms with Gasteiger partial charge in [-0.25, -0.2) is 4.99 Å². The highest BCUT2D eigenvalue weighted by Gasteiger charge is 2.44. The third-order valence-corrected chi connectivity index (χ3v) is 6.68. The van der Waals surface area contributed by atoms with E-state index in [0.717, 1.165) is 21.4 Å². The van der Waals surface area contributed by atoms with E-state index in [1.54, 1.807) is 18.1 Å². The summed E-state index contributed by atoms with van der Waals surface area (Å²) in [7, 11) is 1.61. The van der Waals surface area contributed by atoms with Crippen LogP contribution in [0.15, 0.2) is 47.7 Å². The van der Waals surface area contributed by atoms with Crippen molar-refractivity contribution in [3.63, 3.8) is 0 Å². The summed E-state index contributed by atoms with van der Waals surface area (Å²) < 4.78 is 6.42. The molecule has 1 unspecified atom stereocenters. The van der Waals surface area contributed by atoms with Crippen molar-refractivity contribution in [2.75, 3.05) is 20.2 Å². The molecule has 2 aliphatic rings. The third kappa shape index (κ3) is 3.11. The number of carbonyl (C=O) groups is 2. The van der Waals surface area contributed by atoms with Gasteiger partial charge in [-0.1, -0.05) is 12.6 Å². The van der Waals surface area contributed by atoms with Crippen molar-refractivity contribution in [2.45, 2.75) is 12.5 Å². The summed E-state index contributed by atoms with van der Waals surface area (Å²) in [5.74, 6) is 0.749. The quantitative estimate of drug-likeness (QED) is 0.624. The molecular weight excluding hydrogens is 402 g/mol.